The van der Waals surface area contributed by atoms with E-state index in [9.17, 15) is 9.18 Å². The molecule has 1 aromatic rings. The van der Waals surface area contributed by atoms with Crippen molar-refractivity contribution in [3.63, 3.8) is 0 Å². The highest BCUT2D eigenvalue weighted by Crippen LogP contribution is 2.29. The maximum Gasteiger partial charge on any atom is 0.255 e. The Morgan fingerprint density at radius 3 is 2.75 bits per heavy atom. The van der Waals surface area contributed by atoms with Crippen LogP contribution in [0.15, 0.2) is 24.3 Å². The van der Waals surface area contributed by atoms with Gasteiger partial charge in [0.1, 0.15) is 17.5 Å². The fourth-order valence-corrected chi connectivity index (χ4v) is 3.38. The zero-order valence-electron chi connectivity index (χ0n) is 13.8. The number of amides is 1. The minimum Gasteiger partial charge on any atom is -0.370 e. The van der Waals surface area contributed by atoms with E-state index in [1.165, 1.54) is 6.07 Å². The number of nitrogens with zero attached hydrogens (tertiary/aromatic N) is 1. The summed E-state index contributed by atoms with van der Waals surface area (Å²) in [4.78, 5) is 14.8. The standard InChI is InChI=1S/C17H23FN2O3.ClH/c1-22-17(6-8-19-9-7-17)16(21)20-10-11-23-15(12-20)13-4-2-3-5-14(13)18;/h2-5,15,19H,6-12H2,1H3;1H. The van der Waals surface area contributed by atoms with Gasteiger partial charge in [0.15, 0.2) is 0 Å². The third-order valence-corrected chi connectivity index (χ3v) is 4.80. The lowest BCUT2D eigenvalue weighted by atomic mass is 9.90. The van der Waals surface area contributed by atoms with Crippen LogP contribution in [0.5, 0.6) is 0 Å². The molecule has 0 aliphatic carbocycles. The lowest BCUT2D eigenvalue weighted by molar-refractivity contribution is -0.165. The lowest BCUT2D eigenvalue weighted by Crippen LogP contribution is -2.57. The Morgan fingerprint density at radius 1 is 1.38 bits per heavy atom. The molecule has 2 aliphatic heterocycles. The summed E-state index contributed by atoms with van der Waals surface area (Å²) in [5.41, 5.74) is -0.260. The average Bonchev–Trinajstić information content (AvgIpc) is 2.62. The van der Waals surface area contributed by atoms with Crippen molar-refractivity contribution in [2.45, 2.75) is 24.5 Å². The molecule has 0 saturated carbocycles. The molecule has 2 aliphatic rings. The van der Waals surface area contributed by atoms with Crippen LogP contribution in [-0.4, -0.2) is 56.3 Å². The van der Waals surface area contributed by atoms with Crippen LogP contribution in [0.1, 0.15) is 24.5 Å². The van der Waals surface area contributed by atoms with Crippen LogP contribution < -0.4 is 5.32 Å². The molecule has 134 valence electrons. The molecule has 24 heavy (non-hydrogen) atoms. The Labute approximate surface area is 147 Å². The number of piperidine rings is 1. The number of carbonyl (C=O) groups excluding carboxylic acids is 1. The van der Waals surface area contributed by atoms with Crippen molar-refractivity contribution >= 4 is 18.3 Å². The van der Waals surface area contributed by atoms with Gasteiger partial charge in [-0.3, -0.25) is 4.79 Å². The van der Waals surface area contributed by atoms with Crippen LogP contribution in [0.25, 0.3) is 0 Å². The topological polar surface area (TPSA) is 50.8 Å². The van der Waals surface area contributed by atoms with E-state index in [-0.39, 0.29) is 24.1 Å². The molecule has 2 fully saturated rings. The molecule has 2 saturated heterocycles. The first-order valence-corrected chi connectivity index (χ1v) is 8.07. The number of halogens is 2. The normalized spacial score (nSPS) is 23.4. The van der Waals surface area contributed by atoms with Crippen LogP contribution >= 0.6 is 12.4 Å². The van der Waals surface area contributed by atoms with E-state index in [1.807, 2.05) is 0 Å². The molecule has 7 heteroatoms. The molecule has 1 unspecified atom stereocenters. The summed E-state index contributed by atoms with van der Waals surface area (Å²) in [7, 11) is 1.60. The van der Waals surface area contributed by atoms with Crippen LogP contribution in [-0.2, 0) is 14.3 Å². The van der Waals surface area contributed by atoms with E-state index < -0.39 is 11.7 Å². The molecule has 0 bridgehead atoms. The first kappa shape index (κ1) is 19.1. The molecule has 1 atom stereocenters. The van der Waals surface area contributed by atoms with Gasteiger partial charge in [-0.25, -0.2) is 4.39 Å². The zero-order valence-corrected chi connectivity index (χ0v) is 14.6. The van der Waals surface area contributed by atoms with Crippen molar-refractivity contribution in [3.8, 4) is 0 Å². The second-order valence-electron chi connectivity index (χ2n) is 6.08. The molecule has 1 aromatic carbocycles. The fourth-order valence-electron chi connectivity index (χ4n) is 3.38. The highest BCUT2D eigenvalue weighted by atomic mass is 35.5. The van der Waals surface area contributed by atoms with Gasteiger partial charge >= 0.3 is 0 Å². The van der Waals surface area contributed by atoms with E-state index in [0.717, 1.165) is 13.1 Å². The maximum atomic E-state index is 14.0. The Balaban J connectivity index is 0.00000208. The van der Waals surface area contributed by atoms with Crippen LogP contribution in [0, 0.1) is 5.82 Å². The van der Waals surface area contributed by atoms with Crippen LogP contribution in [0.3, 0.4) is 0 Å². The summed E-state index contributed by atoms with van der Waals surface area (Å²) >= 11 is 0. The Morgan fingerprint density at radius 2 is 2.08 bits per heavy atom. The number of carbonyl (C=O) groups is 1. The lowest BCUT2D eigenvalue weighted by Gasteiger charge is -2.41. The smallest absolute Gasteiger partial charge is 0.255 e. The molecule has 1 N–H and O–H groups in total. The van der Waals surface area contributed by atoms with Crippen molar-refractivity contribution in [1.29, 1.82) is 0 Å². The van der Waals surface area contributed by atoms with E-state index in [4.69, 9.17) is 9.47 Å². The number of ether oxygens (including phenoxy) is 2. The van der Waals surface area contributed by atoms with Crippen molar-refractivity contribution in [2.75, 3.05) is 39.9 Å². The van der Waals surface area contributed by atoms with E-state index >= 15 is 0 Å². The SMILES string of the molecule is COC1(C(=O)N2CCOC(c3ccccc3F)C2)CCNCC1.Cl. The summed E-state index contributed by atoms with van der Waals surface area (Å²) in [5, 5.41) is 3.25. The molecule has 1 amide bonds. The van der Waals surface area contributed by atoms with E-state index in [2.05, 4.69) is 5.32 Å². The third-order valence-electron chi connectivity index (χ3n) is 4.80. The summed E-state index contributed by atoms with van der Waals surface area (Å²) in [5.74, 6) is -0.304. The minimum absolute atomic E-state index is 0. The quantitative estimate of drug-likeness (QED) is 0.897. The number of methoxy groups -OCH3 is 1. The number of rotatable bonds is 3. The highest BCUT2D eigenvalue weighted by molar-refractivity contribution is 5.86. The predicted molar refractivity (Wildman–Crippen MR) is 90.8 cm³/mol. The van der Waals surface area contributed by atoms with Gasteiger partial charge in [-0.15, -0.1) is 12.4 Å². The van der Waals surface area contributed by atoms with Gasteiger partial charge in [-0.1, -0.05) is 18.2 Å². The van der Waals surface area contributed by atoms with Gasteiger partial charge in [0, 0.05) is 19.2 Å². The molecule has 3 rings (SSSR count). The Hall–Kier alpha value is -1.21. The Kier molecular flexibility index (Phi) is 6.57. The van der Waals surface area contributed by atoms with Gasteiger partial charge in [0.25, 0.3) is 5.91 Å². The largest absolute Gasteiger partial charge is 0.370 e. The number of benzene rings is 1. The summed E-state index contributed by atoms with van der Waals surface area (Å²) in [6.07, 6.45) is 0.887. The number of morpholine rings is 1. The molecule has 0 aromatic heterocycles. The predicted octanol–water partition coefficient (Wildman–Crippen LogP) is 1.92. The summed E-state index contributed by atoms with van der Waals surface area (Å²) in [6, 6.07) is 6.57. The van der Waals surface area contributed by atoms with E-state index in [0.29, 0.717) is 38.1 Å². The van der Waals surface area contributed by atoms with Crippen molar-refractivity contribution in [1.82, 2.24) is 10.2 Å². The monoisotopic (exact) mass is 358 g/mol. The average molecular weight is 359 g/mol. The molecule has 2 heterocycles. The first-order valence-electron chi connectivity index (χ1n) is 8.07. The van der Waals surface area contributed by atoms with E-state index in [1.54, 1.807) is 30.2 Å². The second kappa shape index (κ2) is 8.25. The van der Waals surface area contributed by atoms with Gasteiger partial charge in [-0.05, 0) is 32.0 Å². The first-order chi connectivity index (χ1) is 11.2. The number of hydrogen-bond acceptors (Lipinski definition) is 4. The van der Waals surface area contributed by atoms with Gasteiger partial charge in [0.05, 0.1) is 13.2 Å². The zero-order chi connectivity index (χ0) is 16.3. The summed E-state index contributed by atoms with van der Waals surface area (Å²) in [6.45, 7) is 2.81. The van der Waals surface area contributed by atoms with Gasteiger partial charge in [-0.2, -0.15) is 0 Å². The molecular weight excluding hydrogens is 335 g/mol. The van der Waals surface area contributed by atoms with Gasteiger partial charge in [0.2, 0.25) is 0 Å². The van der Waals surface area contributed by atoms with Crippen molar-refractivity contribution in [2.24, 2.45) is 0 Å². The summed E-state index contributed by atoms with van der Waals surface area (Å²) < 4.78 is 25.3. The van der Waals surface area contributed by atoms with Crippen LogP contribution in [0.2, 0.25) is 0 Å². The molecule has 5 nitrogen and oxygen atoms in total. The number of hydrogen-bond donors (Lipinski definition) is 1. The number of nitrogens with one attached hydrogen (secondary N) is 1. The van der Waals surface area contributed by atoms with Crippen molar-refractivity contribution in [3.05, 3.63) is 35.6 Å². The molecular formula is C17H24ClFN2O3. The second-order valence-corrected chi connectivity index (χ2v) is 6.08. The van der Waals surface area contributed by atoms with Gasteiger partial charge < -0.3 is 19.7 Å². The fraction of sp³-hybridized carbons (Fsp3) is 0.588. The maximum absolute atomic E-state index is 14.0. The molecule has 0 spiro atoms. The minimum atomic E-state index is -0.762. The van der Waals surface area contributed by atoms with Crippen LogP contribution in [0.4, 0.5) is 4.39 Å². The highest BCUT2D eigenvalue weighted by Gasteiger charge is 2.43. The third kappa shape index (κ3) is 3.72. The Bertz CT molecular complexity index is 567. The van der Waals surface area contributed by atoms with Crippen molar-refractivity contribution < 1.29 is 18.7 Å². The molecule has 0 radical (unpaired) electrons.